The van der Waals surface area contributed by atoms with Gasteiger partial charge in [0.2, 0.25) is 5.91 Å². The molecule has 0 radical (unpaired) electrons. The molecule has 154 valence electrons. The molecule has 1 aliphatic heterocycles. The van der Waals surface area contributed by atoms with Gasteiger partial charge in [0.25, 0.3) is 5.91 Å². The molecule has 1 aromatic carbocycles. The fraction of sp³-hybridized carbons (Fsp3) is 0.571. The molecular weight excluding hydrogens is 358 g/mol. The number of likely N-dealkylation sites (tertiary alicyclic amines) is 1. The average molecular weight is 389 g/mol. The number of nitrogens with zero attached hydrogens (tertiary/aromatic N) is 1. The Kier molecular flexibility index (Phi) is 7.99. The van der Waals surface area contributed by atoms with Gasteiger partial charge in [0.15, 0.2) is 6.04 Å². The summed E-state index contributed by atoms with van der Waals surface area (Å²) < 4.78 is 0. The van der Waals surface area contributed by atoms with E-state index in [4.69, 9.17) is 0 Å². The molecule has 1 aromatic rings. The van der Waals surface area contributed by atoms with Crippen LogP contribution in [0.1, 0.15) is 38.7 Å². The van der Waals surface area contributed by atoms with Crippen LogP contribution in [0.25, 0.3) is 0 Å². The maximum Gasteiger partial charge on any atom is 0.281 e. The lowest BCUT2D eigenvalue weighted by molar-refractivity contribution is -0.405. The first-order chi connectivity index (χ1) is 13.3. The van der Waals surface area contributed by atoms with E-state index >= 15 is 0 Å². The van der Waals surface area contributed by atoms with Crippen molar-refractivity contribution in [1.82, 2.24) is 10.2 Å². The standard InChI is InChI=1S/C21H31N3O4/c1-3-14(2)18(21(27)28)23-19(25)16-9-11-24(12-10-16)20(26)17(22)13-15-7-5-4-6-8-15/h4-8,14,16-18H,3,9-13,22H2,1-2H3,(H,23,25)(H,27,28)/t14-,17+,18+/m1/s1. The van der Waals surface area contributed by atoms with E-state index in [1.165, 1.54) is 0 Å². The number of rotatable bonds is 8. The van der Waals surface area contributed by atoms with Crippen molar-refractivity contribution in [3.8, 4) is 0 Å². The summed E-state index contributed by atoms with van der Waals surface area (Å²) in [5, 5.41) is 13.9. The number of benzene rings is 1. The molecule has 1 heterocycles. The second kappa shape index (κ2) is 10.2. The quantitative estimate of drug-likeness (QED) is 0.615. The molecule has 3 atom stereocenters. The lowest BCUT2D eigenvalue weighted by Crippen LogP contribution is -2.69. The van der Waals surface area contributed by atoms with Gasteiger partial charge in [0, 0.05) is 25.4 Å². The first-order valence-corrected chi connectivity index (χ1v) is 10.0. The SMILES string of the molecule is CC[C@@H](C)[C@H](NC(=O)C1CCN(C(=O)[C@@H]([NH3+])Cc2ccccc2)CC1)C(=O)[O-]. The van der Waals surface area contributed by atoms with Crippen molar-refractivity contribution < 1.29 is 25.2 Å². The molecule has 1 saturated heterocycles. The van der Waals surface area contributed by atoms with Crippen molar-refractivity contribution in [3.63, 3.8) is 0 Å². The van der Waals surface area contributed by atoms with Crippen molar-refractivity contribution in [1.29, 1.82) is 0 Å². The van der Waals surface area contributed by atoms with Gasteiger partial charge in [0.1, 0.15) is 0 Å². The van der Waals surface area contributed by atoms with Gasteiger partial charge in [-0.1, -0.05) is 50.6 Å². The van der Waals surface area contributed by atoms with E-state index in [1.807, 2.05) is 37.3 Å². The first kappa shape index (κ1) is 21.9. The van der Waals surface area contributed by atoms with Crippen LogP contribution in [0.3, 0.4) is 0 Å². The van der Waals surface area contributed by atoms with Gasteiger partial charge in [0.05, 0.1) is 12.0 Å². The van der Waals surface area contributed by atoms with Crippen molar-refractivity contribution in [2.75, 3.05) is 13.1 Å². The predicted octanol–water partition coefficient (Wildman–Crippen LogP) is -0.641. The fourth-order valence-corrected chi connectivity index (χ4v) is 3.55. The number of carboxylic acids is 1. The Labute approximate surface area is 166 Å². The zero-order chi connectivity index (χ0) is 20.7. The molecule has 0 bridgehead atoms. The number of piperidine rings is 1. The van der Waals surface area contributed by atoms with Crippen LogP contribution in [-0.4, -0.2) is 47.9 Å². The normalized spacial score (nSPS) is 18.2. The molecule has 0 spiro atoms. The Morgan fingerprint density at radius 1 is 1.21 bits per heavy atom. The summed E-state index contributed by atoms with van der Waals surface area (Å²) in [4.78, 5) is 38.2. The van der Waals surface area contributed by atoms with Crippen LogP contribution in [0.2, 0.25) is 0 Å². The molecule has 28 heavy (non-hydrogen) atoms. The monoisotopic (exact) mass is 389 g/mol. The highest BCUT2D eigenvalue weighted by Gasteiger charge is 2.32. The summed E-state index contributed by atoms with van der Waals surface area (Å²) in [7, 11) is 0. The number of carboxylic acid groups (broad SMARTS) is 1. The fourth-order valence-electron chi connectivity index (χ4n) is 3.55. The molecule has 0 aromatic heterocycles. The van der Waals surface area contributed by atoms with E-state index in [9.17, 15) is 19.5 Å². The maximum atomic E-state index is 12.7. The largest absolute Gasteiger partial charge is 0.548 e. The number of carbonyl (C=O) groups excluding carboxylic acids is 3. The number of nitrogens with one attached hydrogen (secondary N) is 1. The minimum Gasteiger partial charge on any atom is -0.548 e. The minimum atomic E-state index is -1.25. The highest BCUT2D eigenvalue weighted by atomic mass is 16.4. The average Bonchev–Trinajstić information content (AvgIpc) is 2.71. The zero-order valence-electron chi connectivity index (χ0n) is 16.7. The van der Waals surface area contributed by atoms with Crippen LogP contribution in [0.15, 0.2) is 30.3 Å². The van der Waals surface area contributed by atoms with Crippen LogP contribution < -0.4 is 16.2 Å². The molecule has 7 heteroatoms. The highest BCUT2D eigenvalue weighted by Crippen LogP contribution is 2.19. The number of aliphatic carboxylic acids is 1. The molecule has 1 fully saturated rings. The van der Waals surface area contributed by atoms with Crippen molar-refractivity contribution >= 4 is 17.8 Å². The topological polar surface area (TPSA) is 117 Å². The summed E-state index contributed by atoms with van der Waals surface area (Å²) in [5.74, 6) is -2.00. The third kappa shape index (κ3) is 5.79. The highest BCUT2D eigenvalue weighted by molar-refractivity contribution is 5.85. The maximum absolute atomic E-state index is 12.7. The second-order valence-electron chi connectivity index (χ2n) is 7.68. The van der Waals surface area contributed by atoms with Gasteiger partial charge in [-0.05, 0) is 24.3 Å². The van der Waals surface area contributed by atoms with Gasteiger partial charge in [-0.3, -0.25) is 9.59 Å². The summed E-state index contributed by atoms with van der Waals surface area (Å²) in [6.45, 7) is 4.62. The molecule has 1 aliphatic rings. The lowest BCUT2D eigenvalue weighted by Gasteiger charge is -2.33. The Morgan fingerprint density at radius 3 is 2.36 bits per heavy atom. The second-order valence-corrected chi connectivity index (χ2v) is 7.68. The number of amides is 2. The van der Waals surface area contributed by atoms with Crippen LogP contribution in [0, 0.1) is 11.8 Å². The van der Waals surface area contributed by atoms with Gasteiger partial charge in [-0.2, -0.15) is 0 Å². The number of carbonyl (C=O) groups is 3. The number of hydrogen-bond donors (Lipinski definition) is 2. The molecule has 0 aliphatic carbocycles. The van der Waals surface area contributed by atoms with E-state index < -0.39 is 12.0 Å². The van der Waals surface area contributed by atoms with Gasteiger partial charge in [-0.15, -0.1) is 0 Å². The lowest BCUT2D eigenvalue weighted by atomic mass is 9.93. The third-order valence-corrected chi connectivity index (χ3v) is 5.62. The van der Waals surface area contributed by atoms with E-state index in [0.29, 0.717) is 38.8 Å². The van der Waals surface area contributed by atoms with E-state index in [2.05, 4.69) is 11.1 Å². The van der Waals surface area contributed by atoms with Crippen LogP contribution in [0.5, 0.6) is 0 Å². The van der Waals surface area contributed by atoms with Gasteiger partial charge >= 0.3 is 0 Å². The smallest absolute Gasteiger partial charge is 0.281 e. The van der Waals surface area contributed by atoms with E-state index in [1.54, 1.807) is 11.8 Å². The Hall–Kier alpha value is -2.41. The van der Waals surface area contributed by atoms with Crippen molar-refractivity contribution in [2.45, 2.75) is 51.6 Å². The number of quaternary nitrogens is 1. The molecule has 2 amide bonds. The molecule has 0 unspecified atom stereocenters. The van der Waals surface area contributed by atoms with Gasteiger partial charge < -0.3 is 25.9 Å². The van der Waals surface area contributed by atoms with E-state index in [0.717, 1.165) is 5.56 Å². The van der Waals surface area contributed by atoms with Gasteiger partial charge in [-0.25, -0.2) is 0 Å². The molecular formula is C21H31N3O4. The zero-order valence-corrected chi connectivity index (χ0v) is 16.7. The van der Waals surface area contributed by atoms with E-state index in [-0.39, 0.29) is 29.7 Å². The molecule has 0 saturated carbocycles. The summed E-state index contributed by atoms with van der Waals surface area (Å²) >= 11 is 0. The summed E-state index contributed by atoms with van der Waals surface area (Å²) in [6, 6.07) is 8.44. The Balaban J connectivity index is 1.85. The first-order valence-electron chi connectivity index (χ1n) is 10.0. The Bertz CT molecular complexity index is 671. The summed E-state index contributed by atoms with van der Waals surface area (Å²) in [5.41, 5.74) is 5.08. The van der Waals surface area contributed by atoms with Crippen LogP contribution in [-0.2, 0) is 20.8 Å². The van der Waals surface area contributed by atoms with Crippen molar-refractivity contribution in [2.24, 2.45) is 11.8 Å². The number of hydrogen-bond acceptors (Lipinski definition) is 4. The molecule has 7 nitrogen and oxygen atoms in total. The third-order valence-electron chi connectivity index (χ3n) is 5.62. The molecule has 4 N–H and O–H groups in total. The predicted molar refractivity (Wildman–Crippen MR) is 103 cm³/mol. The molecule has 2 rings (SSSR count). The van der Waals surface area contributed by atoms with Crippen molar-refractivity contribution in [3.05, 3.63) is 35.9 Å². The van der Waals surface area contributed by atoms with Crippen LogP contribution >= 0.6 is 0 Å². The summed E-state index contributed by atoms with van der Waals surface area (Å²) in [6.07, 6.45) is 2.27. The minimum absolute atomic E-state index is 0.00470. The van der Waals surface area contributed by atoms with Crippen LogP contribution in [0.4, 0.5) is 0 Å². The Morgan fingerprint density at radius 2 is 1.82 bits per heavy atom.